The first-order valence-corrected chi connectivity index (χ1v) is 11.9. The van der Waals surface area contributed by atoms with Crippen molar-refractivity contribution in [3.05, 3.63) is 29.8 Å². The number of carbonyl (C=O) groups excluding carboxylic acids is 4. The van der Waals surface area contributed by atoms with Crippen LogP contribution in [-0.2, 0) is 14.4 Å². The zero-order chi connectivity index (χ0) is 22.5. The van der Waals surface area contributed by atoms with E-state index in [2.05, 4.69) is 25.8 Å². The number of hydrogen-bond acceptors (Lipinski definition) is 6. The molecule has 3 aliphatic rings. The molecule has 4 amide bonds. The Morgan fingerprint density at radius 1 is 1.09 bits per heavy atom. The highest BCUT2D eigenvalue weighted by Crippen LogP contribution is 2.29. The largest absolute Gasteiger partial charge is 0.352 e. The van der Waals surface area contributed by atoms with Crippen molar-refractivity contribution in [3.8, 4) is 0 Å². The van der Waals surface area contributed by atoms with E-state index in [1.165, 1.54) is 18.2 Å². The Labute approximate surface area is 190 Å². The minimum atomic E-state index is -0.525. The van der Waals surface area contributed by atoms with E-state index >= 15 is 0 Å². The maximum Gasteiger partial charge on any atom is 0.262 e. The van der Waals surface area contributed by atoms with Crippen molar-refractivity contribution in [2.45, 2.75) is 49.8 Å². The first-order valence-electron chi connectivity index (χ1n) is 11.0. The van der Waals surface area contributed by atoms with Crippen molar-refractivity contribution in [2.75, 3.05) is 25.0 Å². The molecule has 1 aromatic rings. The number of aliphatic imine (C=N–C) groups is 1. The van der Waals surface area contributed by atoms with Crippen molar-refractivity contribution in [1.82, 2.24) is 15.5 Å². The lowest BCUT2D eigenvalue weighted by atomic mass is 10.1. The van der Waals surface area contributed by atoms with E-state index in [4.69, 9.17) is 0 Å². The molecule has 10 heteroatoms. The first kappa shape index (κ1) is 22.3. The summed E-state index contributed by atoms with van der Waals surface area (Å²) in [5, 5.41) is 8.33. The molecule has 1 saturated carbocycles. The normalized spacial score (nSPS) is 20.5. The molecule has 1 atom stereocenters. The van der Waals surface area contributed by atoms with Gasteiger partial charge in [0.25, 0.3) is 11.8 Å². The van der Waals surface area contributed by atoms with E-state index in [1.807, 2.05) is 0 Å². The fourth-order valence-corrected chi connectivity index (χ4v) is 4.73. The Morgan fingerprint density at radius 2 is 1.88 bits per heavy atom. The van der Waals surface area contributed by atoms with E-state index in [0.717, 1.165) is 43.9 Å². The Bertz CT molecular complexity index is 940. The van der Waals surface area contributed by atoms with Gasteiger partial charge in [0.1, 0.15) is 5.25 Å². The number of thioether (sulfide) groups is 1. The number of rotatable bonds is 7. The van der Waals surface area contributed by atoms with Gasteiger partial charge in [-0.25, -0.2) is 0 Å². The Hall–Kier alpha value is -2.88. The minimum absolute atomic E-state index is 0.0160. The molecule has 4 rings (SSSR count). The van der Waals surface area contributed by atoms with Crippen molar-refractivity contribution >= 4 is 46.2 Å². The third-order valence-corrected chi connectivity index (χ3v) is 6.70. The van der Waals surface area contributed by atoms with Gasteiger partial charge in [-0.1, -0.05) is 17.8 Å². The summed E-state index contributed by atoms with van der Waals surface area (Å²) in [6.07, 6.45) is 5.36. The third kappa shape index (κ3) is 6.09. The van der Waals surface area contributed by atoms with E-state index in [-0.39, 0.29) is 36.7 Å². The lowest BCUT2D eigenvalue weighted by Gasteiger charge is -2.27. The molecule has 0 bridgehead atoms. The van der Waals surface area contributed by atoms with Gasteiger partial charge >= 0.3 is 0 Å². The summed E-state index contributed by atoms with van der Waals surface area (Å²) >= 11 is 1.35. The summed E-state index contributed by atoms with van der Waals surface area (Å²) in [6, 6.07) is 6.73. The molecule has 9 nitrogen and oxygen atoms in total. The molecular formula is C22H27N5O4S. The van der Waals surface area contributed by atoms with Gasteiger partial charge in [-0.3, -0.25) is 19.2 Å². The zero-order valence-corrected chi connectivity index (χ0v) is 18.6. The van der Waals surface area contributed by atoms with Gasteiger partial charge in [0.05, 0.1) is 6.54 Å². The number of benzene rings is 1. The number of likely N-dealkylation sites (tertiary alicyclic amines) is 1. The SMILES string of the molecule is O=C(CC1SC(N2CCCCC2)=NC1=O)Nc1cccc(C(=O)NCC(=O)NC2CC2)c1. The predicted molar refractivity (Wildman–Crippen MR) is 122 cm³/mol. The smallest absolute Gasteiger partial charge is 0.262 e. The molecule has 170 valence electrons. The number of hydrogen-bond donors (Lipinski definition) is 3. The summed E-state index contributed by atoms with van der Waals surface area (Å²) < 4.78 is 0. The van der Waals surface area contributed by atoms with Crippen LogP contribution in [0.25, 0.3) is 0 Å². The summed E-state index contributed by atoms with van der Waals surface area (Å²) in [4.78, 5) is 55.1. The van der Waals surface area contributed by atoms with Gasteiger partial charge < -0.3 is 20.9 Å². The second kappa shape index (κ2) is 10.2. The van der Waals surface area contributed by atoms with Crippen LogP contribution in [0, 0.1) is 0 Å². The monoisotopic (exact) mass is 457 g/mol. The van der Waals surface area contributed by atoms with Gasteiger partial charge in [0.2, 0.25) is 11.8 Å². The van der Waals surface area contributed by atoms with Crippen LogP contribution < -0.4 is 16.0 Å². The Morgan fingerprint density at radius 3 is 2.62 bits per heavy atom. The molecule has 1 aromatic carbocycles. The predicted octanol–water partition coefficient (Wildman–Crippen LogP) is 1.51. The van der Waals surface area contributed by atoms with Crippen LogP contribution >= 0.6 is 11.8 Å². The van der Waals surface area contributed by atoms with Crippen molar-refractivity contribution in [3.63, 3.8) is 0 Å². The molecule has 3 N–H and O–H groups in total. The fourth-order valence-electron chi connectivity index (χ4n) is 3.62. The number of piperidine rings is 1. The standard InChI is InChI=1S/C22H27N5O4S/c28-18(12-17-21(31)26-22(32-17)27-9-2-1-3-10-27)25-16-6-4-5-14(11-16)20(30)23-13-19(29)24-15-7-8-15/h4-6,11,15,17H,1-3,7-10,12-13H2,(H,23,30)(H,24,29)(H,25,28). The van der Waals surface area contributed by atoms with Crippen molar-refractivity contribution < 1.29 is 19.2 Å². The number of nitrogens with one attached hydrogen (secondary N) is 3. The van der Waals surface area contributed by atoms with Gasteiger partial charge in [-0.15, -0.1) is 0 Å². The molecule has 1 saturated heterocycles. The molecule has 2 aliphatic heterocycles. The van der Waals surface area contributed by atoms with E-state index in [0.29, 0.717) is 11.3 Å². The van der Waals surface area contributed by atoms with Crippen LogP contribution in [0.15, 0.2) is 29.3 Å². The summed E-state index contributed by atoms with van der Waals surface area (Å²) in [5.41, 5.74) is 0.793. The highest BCUT2D eigenvalue weighted by atomic mass is 32.2. The van der Waals surface area contributed by atoms with Crippen molar-refractivity contribution in [1.29, 1.82) is 0 Å². The molecule has 0 aromatic heterocycles. The molecule has 0 radical (unpaired) electrons. The average Bonchev–Trinajstić information content (AvgIpc) is 3.53. The van der Waals surface area contributed by atoms with Gasteiger partial charge in [0, 0.05) is 36.8 Å². The molecule has 2 fully saturated rings. The third-order valence-electron chi connectivity index (χ3n) is 5.49. The Kier molecular flexibility index (Phi) is 7.09. The fraction of sp³-hybridized carbons (Fsp3) is 0.500. The molecular weight excluding hydrogens is 430 g/mol. The molecule has 1 unspecified atom stereocenters. The summed E-state index contributed by atoms with van der Waals surface area (Å²) in [6.45, 7) is 1.70. The molecule has 32 heavy (non-hydrogen) atoms. The number of amidine groups is 1. The number of anilines is 1. The van der Waals surface area contributed by atoms with Crippen molar-refractivity contribution in [2.24, 2.45) is 4.99 Å². The van der Waals surface area contributed by atoms with Crippen LogP contribution in [0.2, 0.25) is 0 Å². The Balaban J connectivity index is 1.25. The topological polar surface area (TPSA) is 120 Å². The van der Waals surface area contributed by atoms with E-state index < -0.39 is 11.2 Å². The van der Waals surface area contributed by atoms with Gasteiger partial charge in [-0.05, 0) is 50.3 Å². The van der Waals surface area contributed by atoms with E-state index in [1.54, 1.807) is 24.3 Å². The molecule has 0 spiro atoms. The number of nitrogens with zero attached hydrogens (tertiary/aromatic N) is 2. The minimum Gasteiger partial charge on any atom is -0.352 e. The molecule has 1 aliphatic carbocycles. The second-order valence-corrected chi connectivity index (χ2v) is 9.41. The van der Waals surface area contributed by atoms with Gasteiger partial charge in [-0.2, -0.15) is 4.99 Å². The number of amides is 4. The van der Waals surface area contributed by atoms with Crippen LogP contribution in [0.5, 0.6) is 0 Å². The highest BCUT2D eigenvalue weighted by Gasteiger charge is 2.33. The zero-order valence-electron chi connectivity index (χ0n) is 17.8. The lowest BCUT2D eigenvalue weighted by molar-refractivity contribution is -0.121. The summed E-state index contributed by atoms with van der Waals surface area (Å²) in [7, 11) is 0. The lowest BCUT2D eigenvalue weighted by Crippen LogP contribution is -2.37. The second-order valence-electron chi connectivity index (χ2n) is 8.24. The van der Waals surface area contributed by atoms with Crippen LogP contribution in [0.3, 0.4) is 0 Å². The number of carbonyl (C=O) groups is 4. The highest BCUT2D eigenvalue weighted by molar-refractivity contribution is 8.15. The van der Waals surface area contributed by atoms with Crippen LogP contribution in [0.4, 0.5) is 5.69 Å². The molecule has 2 heterocycles. The maximum absolute atomic E-state index is 12.5. The summed E-state index contributed by atoms with van der Waals surface area (Å²) in [5.74, 6) is -1.20. The van der Waals surface area contributed by atoms with Crippen LogP contribution in [-0.4, -0.2) is 64.6 Å². The van der Waals surface area contributed by atoms with E-state index in [9.17, 15) is 19.2 Å². The maximum atomic E-state index is 12.5. The van der Waals surface area contributed by atoms with Crippen LogP contribution in [0.1, 0.15) is 48.9 Å². The quantitative estimate of drug-likeness (QED) is 0.571. The first-order chi connectivity index (χ1) is 15.5. The van der Waals surface area contributed by atoms with Gasteiger partial charge in [0.15, 0.2) is 5.17 Å². The average molecular weight is 458 g/mol.